The lowest BCUT2D eigenvalue weighted by atomic mass is 9.96. The van der Waals surface area contributed by atoms with Gasteiger partial charge in [0.1, 0.15) is 0 Å². The molecule has 3 nitrogen and oxygen atoms in total. The first-order chi connectivity index (χ1) is 8.54. The third-order valence-corrected chi connectivity index (χ3v) is 4.11. The highest BCUT2D eigenvalue weighted by Crippen LogP contribution is 2.35. The number of halogens is 1. The van der Waals surface area contributed by atoms with Gasteiger partial charge in [-0.2, -0.15) is 0 Å². The van der Waals surface area contributed by atoms with Gasteiger partial charge in [0, 0.05) is 18.5 Å². The molecule has 0 saturated heterocycles. The van der Waals surface area contributed by atoms with Gasteiger partial charge in [-0.15, -0.1) is 0 Å². The van der Waals surface area contributed by atoms with E-state index < -0.39 is 0 Å². The van der Waals surface area contributed by atoms with Crippen LogP contribution in [0.3, 0.4) is 0 Å². The molecule has 4 heteroatoms. The molecule has 0 bridgehead atoms. The summed E-state index contributed by atoms with van der Waals surface area (Å²) >= 11 is 6.18. The molecule has 0 spiro atoms. The van der Waals surface area contributed by atoms with Gasteiger partial charge in [0.2, 0.25) is 5.91 Å². The van der Waals surface area contributed by atoms with Crippen LogP contribution in [0.2, 0.25) is 5.02 Å². The highest BCUT2D eigenvalue weighted by Gasteiger charge is 2.25. The summed E-state index contributed by atoms with van der Waals surface area (Å²) in [5, 5.41) is 0.714. The molecule has 1 aromatic carbocycles. The van der Waals surface area contributed by atoms with Crippen LogP contribution < -0.4 is 10.6 Å². The van der Waals surface area contributed by atoms with Gasteiger partial charge in [-0.25, -0.2) is 0 Å². The summed E-state index contributed by atoms with van der Waals surface area (Å²) in [6, 6.07) is 3.93. The SMILES string of the molecule is CC(=O)N1CCC(CN)Cc2ccc(Cl)c(C)c21. The highest BCUT2D eigenvalue weighted by atomic mass is 35.5. The van der Waals surface area contributed by atoms with E-state index in [9.17, 15) is 4.79 Å². The Labute approximate surface area is 113 Å². The van der Waals surface area contributed by atoms with Crippen molar-refractivity contribution in [2.75, 3.05) is 18.0 Å². The quantitative estimate of drug-likeness (QED) is 0.849. The maximum absolute atomic E-state index is 11.8. The van der Waals surface area contributed by atoms with Crippen molar-refractivity contribution < 1.29 is 4.79 Å². The number of hydrogen-bond acceptors (Lipinski definition) is 2. The van der Waals surface area contributed by atoms with Gasteiger partial charge >= 0.3 is 0 Å². The van der Waals surface area contributed by atoms with Crippen LogP contribution in [0, 0.1) is 12.8 Å². The summed E-state index contributed by atoms with van der Waals surface area (Å²) in [5.74, 6) is 0.507. The van der Waals surface area contributed by atoms with Crippen LogP contribution in [0.1, 0.15) is 24.5 Å². The fraction of sp³-hybridized carbons (Fsp3) is 0.500. The Morgan fingerprint density at radius 1 is 1.56 bits per heavy atom. The number of amides is 1. The second-order valence-corrected chi connectivity index (χ2v) is 5.35. The van der Waals surface area contributed by atoms with Gasteiger partial charge in [-0.3, -0.25) is 4.79 Å². The third-order valence-electron chi connectivity index (χ3n) is 3.70. The number of benzene rings is 1. The van der Waals surface area contributed by atoms with Gasteiger partial charge in [0.15, 0.2) is 0 Å². The van der Waals surface area contributed by atoms with E-state index in [1.54, 1.807) is 6.92 Å². The Morgan fingerprint density at radius 3 is 2.89 bits per heavy atom. The minimum atomic E-state index is 0.0688. The molecule has 1 aliphatic rings. The first-order valence-corrected chi connectivity index (χ1v) is 6.68. The molecule has 98 valence electrons. The molecular formula is C14H19ClN2O. The number of anilines is 1. The highest BCUT2D eigenvalue weighted by molar-refractivity contribution is 6.31. The Hall–Kier alpha value is -1.06. The predicted molar refractivity (Wildman–Crippen MR) is 75.1 cm³/mol. The number of carbonyl (C=O) groups excluding carboxylic acids is 1. The maximum Gasteiger partial charge on any atom is 0.223 e. The average molecular weight is 267 g/mol. The summed E-state index contributed by atoms with van der Waals surface area (Å²) in [6.45, 7) is 4.96. The van der Waals surface area contributed by atoms with Gasteiger partial charge in [0.05, 0.1) is 5.69 Å². The van der Waals surface area contributed by atoms with Crippen molar-refractivity contribution >= 4 is 23.2 Å². The summed E-state index contributed by atoms with van der Waals surface area (Å²) in [7, 11) is 0. The summed E-state index contributed by atoms with van der Waals surface area (Å²) in [6.07, 6.45) is 1.87. The lowest BCUT2D eigenvalue weighted by Gasteiger charge is -2.24. The molecule has 0 radical (unpaired) electrons. The van der Waals surface area contributed by atoms with Gasteiger partial charge in [-0.05, 0) is 49.4 Å². The average Bonchev–Trinajstić information content (AvgIpc) is 2.53. The fourth-order valence-corrected chi connectivity index (χ4v) is 2.78. The van der Waals surface area contributed by atoms with Crippen molar-refractivity contribution in [3.8, 4) is 0 Å². The molecule has 2 N–H and O–H groups in total. The van der Waals surface area contributed by atoms with Crippen molar-refractivity contribution in [1.82, 2.24) is 0 Å². The minimum absolute atomic E-state index is 0.0688. The maximum atomic E-state index is 11.8. The Balaban J connectivity index is 2.53. The van der Waals surface area contributed by atoms with Gasteiger partial charge < -0.3 is 10.6 Å². The lowest BCUT2D eigenvalue weighted by Crippen LogP contribution is -2.30. The minimum Gasteiger partial charge on any atom is -0.330 e. The standard InChI is InChI=1S/C14H19ClN2O/c1-9-13(15)4-3-12-7-11(8-16)5-6-17(10(2)18)14(9)12/h3-4,11H,5-8,16H2,1-2H3. The van der Waals surface area contributed by atoms with Gasteiger partial charge in [-0.1, -0.05) is 17.7 Å². The van der Waals surface area contributed by atoms with Crippen LogP contribution in [-0.2, 0) is 11.2 Å². The number of hydrogen-bond donors (Lipinski definition) is 1. The molecule has 0 aromatic heterocycles. The zero-order valence-corrected chi connectivity index (χ0v) is 11.6. The van der Waals surface area contributed by atoms with Crippen molar-refractivity contribution in [2.45, 2.75) is 26.7 Å². The van der Waals surface area contributed by atoms with E-state index in [0.717, 1.165) is 30.6 Å². The molecular weight excluding hydrogens is 248 g/mol. The normalized spacial score (nSPS) is 19.3. The van der Waals surface area contributed by atoms with Gasteiger partial charge in [0.25, 0.3) is 0 Å². The molecule has 1 atom stereocenters. The second kappa shape index (κ2) is 5.29. The lowest BCUT2D eigenvalue weighted by molar-refractivity contribution is -0.116. The van der Waals surface area contributed by atoms with Crippen LogP contribution in [0.15, 0.2) is 12.1 Å². The predicted octanol–water partition coefficient (Wildman–Crippen LogP) is 2.52. The Morgan fingerprint density at radius 2 is 2.28 bits per heavy atom. The van der Waals surface area contributed by atoms with E-state index in [0.29, 0.717) is 17.5 Å². The number of fused-ring (bicyclic) bond motifs is 1. The Bertz CT molecular complexity index is 473. The van der Waals surface area contributed by atoms with E-state index in [1.165, 1.54) is 5.56 Å². The molecule has 1 amide bonds. The van der Waals surface area contributed by atoms with Crippen LogP contribution in [0.25, 0.3) is 0 Å². The Kier molecular flexibility index (Phi) is 3.93. The molecule has 1 aliphatic heterocycles. The first kappa shape index (κ1) is 13.4. The van der Waals surface area contributed by atoms with Crippen LogP contribution in [-0.4, -0.2) is 19.0 Å². The molecule has 1 aromatic rings. The zero-order valence-electron chi connectivity index (χ0n) is 10.9. The number of nitrogens with two attached hydrogens (primary N) is 1. The van der Waals surface area contributed by atoms with E-state index in [1.807, 2.05) is 24.0 Å². The monoisotopic (exact) mass is 266 g/mol. The summed E-state index contributed by atoms with van der Waals surface area (Å²) in [4.78, 5) is 13.7. The van der Waals surface area contributed by atoms with E-state index in [-0.39, 0.29) is 5.91 Å². The summed E-state index contributed by atoms with van der Waals surface area (Å²) in [5.41, 5.74) is 8.95. The number of nitrogens with zero attached hydrogens (tertiary/aromatic N) is 1. The van der Waals surface area contributed by atoms with E-state index in [2.05, 4.69) is 0 Å². The zero-order chi connectivity index (χ0) is 13.3. The van der Waals surface area contributed by atoms with Crippen LogP contribution >= 0.6 is 11.6 Å². The third kappa shape index (κ3) is 2.38. The second-order valence-electron chi connectivity index (χ2n) is 4.95. The van der Waals surface area contributed by atoms with Crippen molar-refractivity contribution in [3.05, 3.63) is 28.3 Å². The largest absolute Gasteiger partial charge is 0.330 e. The number of rotatable bonds is 1. The van der Waals surface area contributed by atoms with Crippen LogP contribution in [0.4, 0.5) is 5.69 Å². The summed E-state index contributed by atoms with van der Waals surface area (Å²) < 4.78 is 0. The van der Waals surface area contributed by atoms with Crippen molar-refractivity contribution in [1.29, 1.82) is 0 Å². The van der Waals surface area contributed by atoms with E-state index in [4.69, 9.17) is 17.3 Å². The van der Waals surface area contributed by atoms with Crippen molar-refractivity contribution in [2.24, 2.45) is 11.7 Å². The molecule has 0 fully saturated rings. The van der Waals surface area contributed by atoms with Crippen molar-refractivity contribution in [3.63, 3.8) is 0 Å². The molecule has 0 aliphatic carbocycles. The molecule has 1 unspecified atom stereocenters. The fourth-order valence-electron chi connectivity index (χ4n) is 2.62. The van der Waals surface area contributed by atoms with Crippen LogP contribution in [0.5, 0.6) is 0 Å². The molecule has 1 heterocycles. The molecule has 2 rings (SSSR count). The molecule has 18 heavy (non-hydrogen) atoms. The van der Waals surface area contributed by atoms with E-state index >= 15 is 0 Å². The number of carbonyl (C=O) groups is 1. The topological polar surface area (TPSA) is 46.3 Å². The smallest absolute Gasteiger partial charge is 0.223 e. The molecule has 0 saturated carbocycles. The first-order valence-electron chi connectivity index (χ1n) is 6.30.